The minimum atomic E-state index is -0.0326. The van der Waals surface area contributed by atoms with Gasteiger partial charge in [0.2, 0.25) is 0 Å². The SMILES string of the molecule is CC(C)(C)c1nccc(Cl)c1OC1CC1. The van der Waals surface area contributed by atoms with Crippen molar-refractivity contribution in [3.8, 4) is 5.75 Å². The van der Waals surface area contributed by atoms with Crippen molar-refractivity contribution in [2.75, 3.05) is 0 Å². The molecule has 1 fully saturated rings. The summed E-state index contributed by atoms with van der Waals surface area (Å²) >= 11 is 6.14. The van der Waals surface area contributed by atoms with Gasteiger partial charge >= 0.3 is 0 Å². The highest BCUT2D eigenvalue weighted by atomic mass is 35.5. The molecule has 15 heavy (non-hydrogen) atoms. The topological polar surface area (TPSA) is 22.1 Å². The molecule has 3 heteroatoms. The van der Waals surface area contributed by atoms with Gasteiger partial charge in [-0.3, -0.25) is 4.98 Å². The monoisotopic (exact) mass is 225 g/mol. The summed E-state index contributed by atoms with van der Waals surface area (Å²) < 4.78 is 5.82. The summed E-state index contributed by atoms with van der Waals surface area (Å²) in [5.41, 5.74) is 0.914. The average molecular weight is 226 g/mol. The van der Waals surface area contributed by atoms with Crippen molar-refractivity contribution >= 4 is 11.6 Å². The Kier molecular flexibility index (Phi) is 2.63. The molecule has 0 atom stereocenters. The van der Waals surface area contributed by atoms with E-state index in [-0.39, 0.29) is 5.41 Å². The van der Waals surface area contributed by atoms with Crippen LogP contribution in [0.2, 0.25) is 5.02 Å². The van der Waals surface area contributed by atoms with E-state index in [1.807, 2.05) is 0 Å². The zero-order chi connectivity index (χ0) is 11.1. The van der Waals surface area contributed by atoms with Gasteiger partial charge in [0.1, 0.15) is 0 Å². The number of aromatic nitrogens is 1. The second-order valence-electron chi connectivity index (χ2n) is 5.04. The van der Waals surface area contributed by atoms with Crippen molar-refractivity contribution < 1.29 is 4.74 Å². The quantitative estimate of drug-likeness (QED) is 0.768. The van der Waals surface area contributed by atoms with Gasteiger partial charge in [-0.25, -0.2) is 0 Å². The molecule has 1 aromatic heterocycles. The summed E-state index contributed by atoms with van der Waals surface area (Å²) in [6.07, 6.45) is 4.36. The van der Waals surface area contributed by atoms with Crippen molar-refractivity contribution in [1.82, 2.24) is 4.98 Å². The highest BCUT2D eigenvalue weighted by Crippen LogP contribution is 2.38. The molecular formula is C12H16ClNO. The summed E-state index contributed by atoms with van der Waals surface area (Å²) in [5.74, 6) is 0.772. The fraction of sp³-hybridized carbons (Fsp3) is 0.583. The Balaban J connectivity index is 2.38. The van der Waals surface area contributed by atoms with Gasteiger partial charge in [-0.05, 0) is 18.9 Å². The summed E-state index contributed by atoms with van der Waals surface area (Å²) in [5, 5.41) is 0.668. The minimum absolute atomic E-state index is 0.0326. The number of ether oxygens (including phenoxy) is 1. The van der Waals surface area contributed by atoms with Crippen molar-refractivity contribution in [3.63, 3.8) is 0 Å². The van der Waals surface area contributed by atoms with Crippen molar-refractivity contribution in [2.24, 2.45) is 0 Å². The molecule has 82 valence electrons. The number of halogens is 1. The number of hydrogen-bond acceptors (Lipinski definition) is 2. The largest absolute Gasteiger partial charge is 0.487 e. The van der Waals surface area contributed by atoms with E-state index in [1.54, 1.807) is 12.3 Å². The first kappa shape index (κ1) is 10.7. The van der Waals surface area contributed by atoms with Gasteiger partial charge in [0, 0.05) is 11.6 Å². The maximum absolute atomic E-state index is 6.14. The maximum atomic E-state index is 6.14. The molecule has 0 N–H and O–H groups in total. The molecule has 0 amide bonds. The van der Waals surface area contributed by atoms with E-state index in [0.29, 0.717) is 11.1 Å². The van der Waals surface area contributed by atoms with Crippen LogP contribution in [-0.4, -0.2) is 11.1 Å². The highest BCUT2D eigenvalue weighted by Gasteiger charge is 2.29. The summed E-state index contributed by atoms with van der Waals surface area (Å²) in [7, 11) is 0. The van der Waals surface area contributed by atoms with Crippen LogP contribution in [0.15, 0.2) is 12.3 Å². The highest BCUT2D eigenvalue weighted by molar-refractivity contribution is 6.32. The lowest BCUT2D eigenvalue weighted by atomic mass is 9.91. The Morgan fingerprint density at radius 3 is 2.60 bits per heavy atom. The van der Waals surface area contributed by atoms with Gasteiger partial charge in [-0.2, -0.15) is 0 Å². The van der Waals surface area contributed by atoms with Crippen LogP contribution in [0.4, 0.5) is 0 Å². The van der Waals surface area contributed by atoms with Gasteiger partial charge in [-0.1, -0.05) is 32.4 Å². The van der Waals surface area contributed by atoms with Crippen LogP contribution in [0, 0.1) is 0 Å². The van der Waals surface area contributed by atoms with E-state index in [1.165, 1.54) is 0 Å². The molecule has 0 spiro atoms. The smallest absolute Gasteiger partial charge is 0.160 e. The van der Waals surface area contributed by atoms with Gasteiger partial charge in [0.25, 0.3) is 0 Å². The normalized spacial score (nSPS) is 16.5. The first-order valence-corrected chi connectivity index (χ1v) is 5.68. The average Bonchev–Trinajstić information content (AvgIpc) is 2.90. The molecule has 0 unspecified atom stereocenters. The maximum Gasteiger partial charge on any atom is 0.160 e. The molecule has 1 saturated carbocycles. The van der Waals surface area contributed by atoms with E-state index < -0.39 is 0 Å². The second kappa shape index (κ2) is 3.67. The predicted octanol–water partition coefficient (Wildman–Crippen LogP) is 3.57. The van der Waals surface area contributed by atoms with Crippen LogP contribution < -0.4 is 4.74 Å². The predicted molar refractivity (Wildman–Crippen MR) is 61.6 cm³/mol. The van der Waals surface area contributed by atoms with Crippen LogP contribution in [-0.2, 0) is 5.41 Å². The molecule has 2 rings (SSSR count). The third-order valence-corrected chi connectivity index (χ3v) is 2.67. The molecule has 1 aromatic rings. The minimum Gasteiger partial charge on any atom is -0.487 e. The third-order valence-electron chi connectivity index (χ3n) is 2.38. The second-order valence-corrected chi connectivity index (χ2v) is 5.44. The Bertz CT molecular complexity index is 366. The lowest BCUT2D eigenvalue weighted by Gasteiger charge is -2.21. The third kappa shape index (κ3) is 2.43. The van der Waals surface area contributed by atoms with Crippen LogP contribution in [0.25, 0.3) is 0 Å². The molecule has 0 aromatic carbocycles. The van der Waals surface area contributed by atoms with Crippen LogP contribution in [0.1, 0.15) is 39.3 Å². The van der Waals surface area contributed by atoms with E-state index in [9.17, 15) is 0 Å². The Labute approximate surface area is 95.6 Å². The number of hydrogen-bond donors (Lipinski definition) is 0. The fourth-order valence-corrected chi connectivity index (χ4v) is 1.61. The van der Waals surface area contributed by atoms with Crippen molar-refractivity contribution in [2.45, 2.75) is 45.1 Å². The first-order chi connectivity index (χ1) is 6.98. The molecule has 1 aliphatic rings. The van der Waals surface area contributed by atoms with E-state index in [2.05, 4.69) is 25.8 Å². The molecule has 0 aliphatic heterocycles. The van der Waals surface area contributed by atoms with Crippen molar-refractivity contribution in [3.05, 3.63) is 23.0 Å². The van der Waals surface area contributed by atoms with Gasteiger partial charge in [-0.15, -0.1) is 0 Å². The molecule has 0 radical (unpaired) electrons. The van der Waals surface area contributed by atoms with Crippen LogP contribution >= 0.6 is 11.6 Å². The lowest BCUT2D eigenvalue weighted by Crippen LogP contribution is -2.16. The zero-order valence-corrected chi connectivity index (χ0v) is 10.1. The number of pyridine rings is 1. The Morgan fingerprint density at radius 2 is 2.07 bits per heavy atom. The molecule has 2 nitrogen and oxygen atoms in total. The molecule has 0 saturated heterocycles. The summed E-state index contributed by atoms with van der Waals surface area (Å²) in [6, 6.07) is 1.79. The van der Waals surface area contributed by atoms with E-state index in [4.69, 9.17) is 16.3 Å². The molecule has 0 bridgehead atoms. The summed E-state index contributed by atoms with van der Waals surface area (Å²) in [6.45, 7) is 6.35. The Morgan fingerprint density at radius 1 is 1.40 bits per heavy atom. The van der Waals surface area contributed by atoms with E-state index in [0.717, 1.165) is 24.3 Å². The first-order valence-electron chi connectivity index (χ1n) is 5.30. The number of rotatable bonds is 2. The zero-order valence-electron chi connectivity index (χ0n) is 9.38. The van der Waals surface area contributed by atoms with Gasteiger partial charge in [0.05, 0.1) is 16.8 Å². The Hall–Kier alpha value is -0.760. The standard InChI is InChI=1S/C12H16ClNO/c1-12(2,3)11-10(15-8-4-5-8)9(13)6-7-14-11/h6-8H,4-5H2,1-3H3. The molecule has 1 heterocycles. The lowest BCUT2D eigenvalue weighted by molar-refractivity contribution is 0.292. The van der Waals surface area contributed by atoms with Crippen LogP contribution in [0.5, 0.6) is 5.75 Å². The molecule has 1 aliphatic carbocycles. The summed E-state index contributed by atoms with van der Waals surface area (Å²) in [4.78, 5) is 4.38. The number of nitrogens with zero attached hydrogens (tertiary/aromatic N) is 1. The van der Waals surface area contributed by atoms with Crippen LogP contribution in [0.3, 0.4) is 0 Å². The van der Waals surface area contributed by atoms with Gasteiger partial charge in [0.15, 0.2) is 5.75 Å². The molecular weight excluding hydrogens is 210 g/mol. The fourth-order valence-electron chi connectivity index (χ4n) is 1.42. The van der Waals surface area contributed by atoms with E-state index >= 15 is 0 Å². The van der Waals surface area contributed by atoms with Gasteiger partial charge < -0.3 is 4.74 Å². The van der Waals surface area contributed by atoms with Crippen molar-refractivity contribution in [1.29, 1.82) is 0 Å².